The van der Waals surface area contributed by atoms with Gasteiger partial charge in [0.15, 0.2) is 5.96 Å². The van der Waals surface area contributed by atoms with Crippen LogP contribution >= 0.6 is 0 Å². The van der Waals surface area contributed by atoms with Crippen LogP contribution in [0.15, 0.2) is 4.99 Å². The van der Waals surface area contributed by atoms with E-state index in [2.05, 4.69) is 15.2 Å². The van der Waals surface area contributed by atoms with Crippen molar-refractivity contribution in [2.75, 3.05) is 33.2 Å². The molecule has 6 heteroatoms. The molecule has 0 aromatic carbocycles. The molecule has 3 fully saturated rings. The predicted octanol–water partition coefficient (Wildman–Crippen LogP) is 3.47. The summed E-state index contributed by atoms with van der Waals surface area (Å²) < 4.78 is 5.70. The minimum absolute atomic E-state index is 0.139. The summed E-state index contributed by atoms with van der Waals surface area (Å²) in [5.74, 6) is 2.62. The molecule has 1 heterocycles. The van der Waals surface area contributed by atoms with Crippen molar-refractivity contribution < 1.29 is 9.53 Å². The van der Waals surface area contributed by atoms with Crippen LogP contribution in [0.3, 0.4) is 0 Å². The first-order chi connectivity index (χ1) is 12.9. The van der Waals surface area contributed by atoms with Gasteiger partial charge in [-0.15, -0.1) is 0 Å². The Kier molecular flexibility index (Phi) is 6.53. The molecule has 0 bridgehead atoms. The topological polar surface area (TPSA) is 57.2 Å². The number of nitrogens with one attached hydrogen (secondary N) is 1. The number of ether oxygens (including phenoxy) is 1. The molecule has 0 radical (unpaired) electrons. The van der Waals surface area contributed by atoms with Crippen LogP contribution in [-0.2, 0) is 4.74 Å². The highest BCUT2D eigenvalue weighted by atomic mass is 16.6. The van der Waals surface area contributed by atoms with Gasteiger partial charge in [0, 0.05) is 39.3 Å². The third kappa shape index (κ3) is 6.58. The van der Waals surface area contributed by atoms with Crippen LogP contribution in [0.2, 0.25) is 0 Å². The first-order valence-corrected chi connectivity index (χ1v) is 10.8. The number of likely N-dealkylation sites (tertiary alicyclic amines) is 1. The fraction of sp³-hybridized carbons (Fsp3) is 0.905. The summed E-state index contributed by atoms with van der Waals surface area (Å²) in [5, 5.41) is 3.52. The van der Waals surface area contributed by atoms with Crippen molar-refractivity contribution in [1.82, 2.24) is 15.1 Å². The SMILES string of the molecule is CN=C(NCCC1CC1)N1CCC(N(CC2CC2)C(=O)OC(C)(C)C)CC1. The standard InChI is InChI=1S/C21H38N4O2/c1-21(2,3)27-20(26)25(15-17-7-8-17)18-10-13-24(14-11-18)19(22-4)23-12-9-16-5-6-16/h16-18H,5-15H2,1-4H3,(H,22,23). The molecule has 154 valence electrons. The summed E-state index contributed by atoms with van der Waals surface area (Å²) in [6.45, 7) is 9.59. The minimum atomic E-state index is -0.437. The van der Waals surface area contributed by atoms with Crippen molar-refractivity contribution in [3.05, 3.63) is 0 Å². The van der Waals surface area contributed by atoms with Crippen molar-refractivity contribution in [2.45, 2.75) is 77.4 Å². The zero-order valence-electron chi connectivity index (χ0n) is 17.7. The van der Waals surface area contributed by atoms with Crippen LogP contribution in [-0.4, -0.2) is 66.7 Å². The van der Waals surface area contributed by atoms with Gasteiger partial charge in [0.2, 0.25) is 0 Å². The van der Waals surface area contributed by atoms with E-state index in [-0.39, 0.29) is 12.1 Å². The van der Waals surface area contributed by atoms with Crippen molar-refractivity contribution >= 4 is 12.1 Å². The summed E-state index contributed by atoms with van der Waals surface area (Å²) in [5.41, 5.74) is -0.437. The van der Waals surface area contributed by atoms with E-state index in [4.69, 9.17) is 4.74 Å². The number of aliphatic imine (C=N–C) groups is 1. The Hall–Kier alpha value is -1.46. The molecule has 1 aliphatic heterocycles. The monoisotopic (exact) mass is 378 g/mol. The molecule has 27 heavy (non-hydrogen) atoms. The van der Waals surface area contributed by atoms with Gasteiger partial charge in [-0.1, -0.05) is 12.8 Å². The number of rotatable bonds is 6. The molecule has 3 aliphatic rings. The van der Waals surface area contributed by atoms with Gasteiger partial charge >= 0.3 is 6.09 Å². The van der Waals surface area contributed by atoms with E-state index in [9.17, 15) is 4.79 Å². The maximum atomic E-state index is 12.8. The Morgan fingerprint density at radius 3 is 2.26 bits per heavy atom. The van der Waals surface area contributed by atoms with E-state index >= 15 is 0 Å². The van der Waals surface area contributed by atoms with Gasteiger partial charge in [0.25, 0.3) is 0 Å². The molecule has 1 amide bonds. The van der Waals surface area contributed by atoms with Crippen LogP contribution < -0.4 is 5.32 Å². The van der Waals surface area contributed by atoms with Gasteiger partial charge in [-0.3, -0.25) is 4.99 Å². The largest absolute Gasteiger partial charge is 0.444 e. The quantitative estimate of drug-likeness (QED) is 0.568. The first kappa shape index (κ1) is 20.3. The molecular formula is C21H38N4O2. The van der Waals surface area contributed by atoms with E-state index in [1.807, 2.05) is 32.7 Å². The van der Waals surface area contributed by atoms with Crippen molar-refractivity contribution in [2.24, 2.45) is 16.8 Å². The van der Waals surface area contributed by atoms with E-state index < -0.39 is 5.60 Å². The molecule has 0 aromatic rings. The molecule has 6 nitrogen and oxygen atoms in total. The highest BCUT2D eigenvalue weighted by Gasteiger charge is 2.35. The first-order valence-electron chi connectivity index (χ1n) is 10.8. The summed E-state index contributed by atoms with van der Waals surface area (Å²) in [6, 6.07) is 0.279. The zero-order valence-corrected chi connectivity index (χ0v) is 17.7. The lowest BCUT2D eigenvalue weighted by atomic mass is 10.0. The summed E-state index contributed by atoms with van der Waals surface area (Å²) in [6.07, 6.45) is 8.36. The average Bonchev–Trinajstić information content (AvgIpc) is 3.51. The smallest absolute Gasteiger partial charge is 0.410 e. The number of nitrogens with zero attached hydrogens (tertiary/aromatic N) is 3. The second-order valence-corrected chi connectivity index (χ2v) is 9.50. The number of piperidine rings is 1. The Labute approximate surface area is 164 Å². The van der Waals surface area contributed by atoms with Crippen LogP contribution in [0.4, 0.5) is 4.79 Å². The Bertz CT molecular complexity index is 527. The minimum Gasteiger partial charge on any atom is -0.444 e. The van der Waals surface area contributed by atoms with Crippen LogP contribution in [0.5, 0.6) is 0 Å². The summed E-state index contributed by atoms with van der Waals surface area (Å²) >= 11 is 0. The number of carbonyl (C=O) groups excluding carboxylic acids is 1. The van der Waals surface area contributed by atoms with E-state index in [0.29, 0.717) is 5.92 Å². The molecule has 2 saturated carbocycles. The number of amides is 1. The third-order valence-corrected chi connectivity index (χ3v) is 5.73. The highest BCUT2D eigenvalue weighted by molar-refractivity contribution is 5.80. The van der Waals surface area contributed by atoms with Crippen LogP contribution in [0.1, 0.15) is 65.7 Å². The van der Waals surface area contributed by atoms with Gasteiger partial charge in [0.1, 0.15) is 5.60 Å². The molecule has 1 N–H and O–H groups in total. The number of carbonyl (C=O) groups is 1. The molecule has 0 spiro atoms. The van der Waals surface area contributed by atoms with Crippen molar-refractivity contribution in [1.29, 1.82) is 0 Å². The lowest BCUT2D eigenvalue weighted by Crippen LogP contribution is -2.52. The fourth-order valence-electron chi connectivity index (χ4n) is 3.79. The highest BCUT2D eigenvalue weighted by Crippen LogP contribution is 2.33. The molecule has 2 aliphatic carbocycles. The fourth-order valence-corrected chi connectivity index (χ4v) is 3.79. The normalized spacial score (nSPS) is 21.9. The molecule has 0 aromatic heterocycles. The second kappa shape index (κ2) is 8.70. The van der Waals surface area contributed by atoms with Gasteiger partial charge < -0.3 is 19.9 Å². The second-order valence-electron chi connectivity index (χ2n) is 9.50. The Balaban J connectivity index is 1.50. The van der Waals surface area contributed by atoms with Gasteiger partial charge in [-0.2, -0.15) is 0 Å². The summed E-state index contributed by atoms with van der Waals surface area (Å²) in [7, 11) is 1.87. The van der Waals surface area contributed by atoms with Crippen LogP contribution in [0.25, 0.3) is 0 Å². The number of hydrogen-bond donors (Lipinski definition) is 1. The lowest BCUT2D eigenvalue weighted by molar-refractivity contribution is 0.00928. The molecule has 0 unspecified atom stereocenters. The zero-order chi connectivity index (χ0) is 19.4. The molecular weight excluding hydrogens is 340 g/mol. The molecule has 3 rings (SSSR count). The summed E-state index contributed by atoms with van der Waals surface area (Å²) in [4.78, 5) is 21.6. The Morgan fingerprint density at radius 1 is 1.11 bits per heavy atom. The Morgan fingerprint density at radius 2 is 1.74 bits per heavy atom. The maximum absolute atomic E-state index is 12.8. The van der Waals surface area contributed by atoms with E-state index in [1.54, 1.807) is 0 Å². The van der Waals surface area contributed by atoms with Crippen LogP contribution in [0, 0.1) is 11.8 Å². The van der Waals surface area contributed by atoms with E-state index in [0.717, 1.165) is 50.9 Å². The van der Waals surface area contributed by atoms with Crippen molar-refractivity contribution in [3.63, 3.8) is 0 Å². The van der Waals surface area contributed by atoms with Gasteiger partial charge in [0.05, 0.1) is 0 Å². The third-order valence-electron chi connectivity index (χ3n) is 5.73. The molecule has 1 saturated heterocycles. The lowest BCUT2D eigenvalue weighted by Gasteiger charge is -2.40. The maximum Gasteiger partial charge on any atom is 0.410 e. The predicted molar refractivity (Wildman–Crippen MR) is 109 cm³/mol. The number of hydrogen-bond acceptors (Lipinski definition) is 3. The van der Waals surface area contributed by atoms with Gasteiger partial charge in [-0.25, -0.2) is 4.79 Å². The van der Waals surface area contributed by atoms with E-state index in [1.165, 1.54) is 32.1 Å². The van der Waals surface area contributed by atoms with Gasteiger partial charge in [-0.05, 0) is 64.7 Å². The molecule has 0 atom stereocenters. The van der Waals surface area contributed by atoms with Crippen molar-refractivity contribution in [3.8, 4) is 0 Å². The average molecular weight is 379 g/mol. The number of guanidine groups is 1.